The van der Waals surface area contributed by atoms with Gasteiger partial charge in [-0.3, -0.25) is 15.1 Å². The number of aryl methyl sites for hydroxylation is 1. The Hall–Kier alpha value is -2.75. The molecule has 0 aliphatic heterocycles. The summed E-state index contributed by atoms with van der Waals surface area (Å²) >= 11 is 0. The summed E-state index contributed by atoms with van der Waals surface area (Å²) < 4.78 is 0. The Labute approximate surface area is 117 Å². The molecule has 2 aromatic carbocycles. The maximum Gasteiger partial charge on any atom is 0.269 e. The van der Waals surface area contributed by atoms with E-state index in [0.29, 0.717) is 0 Å². The summed E-state index contributed by atoms with van der Waals surface area (Å²) in [7, 11) is 0. The van der Waals surface area contributed by atoms with E-state index in [1.54, 1.807) is 24.4 Å². The van der Waals surface area contributed by atoms with Gasteiger partial charge in [-0.1, -0.05) is 23.8 Å². The minimum Gasteiger partial charge on any atom is -0.258 e. The first-order valence-corrected chi connectivity index (χ1v) is 6.17. The Balaban J connectivity index is 1.99. The normalized spacial score (nSPS) is 11.2. The largest absolute Gasteiger partial charge is 0.269 e. The molecule has 0 aromatic heterocycles. The van der Waals surface area contributed by atoms with Gasteiger partial charge in [0.25, 0.3) is 5.69 Å². The van der Waals surface area contributed by atoms with Crippen LogP contribution in [0, 0.1) is 17.0 Å². The minimum atomic E-state index is -0.410. The van der Waals surface area contributed by atoms with Crippen molar-refractivity contribution in [3.8, 4) is 0 Å². The first-order valence-electron chi connectivity index (χ1n) is 6.17. The number of hydrogen-bond acceptors (Lipinski definition) is 3. The average Bonchev–Trinajstić information content (AvgIpc) is 2.46. The summed E-state index contributed by atoms with van der Waals surface area (Å²) in [5, 5.41) is 10.5. The van der Waals surface area contributed by atoms with Crippen molar-refractivity contribution in [3.05, 3.63) is 75.8 Å². The van der Waals surface area contributed by atoms with Gasteiger partial charge in [0.2, 0.25) is 0 Å². The van der Waals surface area contributed by atoms with Gasteiger partial charge in [-0.15, -0.1) is 0 Å². The number of nitrogens with zero attached hydrogens (tertiary/aromatic N) is 2. The van der Waals surface area contributed by atoms with Crippen LogP contribution < -0.4 is 0 Å². The number of non-ortho nitro benzene ring substituents is 1. The molecular weight excluding hydrogens is 252 g/mol. The molecule has 0 spiro atoms. The van der Waals surface area contributed by atoms with Crippen molar-refractivity contribution in [1.29, 1.82) is 0 Å². The van der Waals surface area contributed by atoms with Gasteiger partial charge in [0, 0.05) is 18.3 Å². The highest BCUT2D eigenvalue weighted by molar-refractivity contribution is 5.80. The van der Waals surface area contributed by atoms with Crippen LogP contribution in [0.15, 0.2) is 59.6 Å². The van der Waals surface area contributed by atoms with Crippen molar-refractivity contribution in [2.24, 2.45) is 4.99 Å². The summed E-state index contributed by atoms with van der Waals surface area (Å²) in [5.41, 5.74) is 3.08. The molecule has 2 aromatic rings. The fraction of sp³-hybridized carbons (Fsp3) is 0.0625. The van der Waals surface area contributed by atoms with E-state index in [9.17, 15) is 10.1 Å². The number of rotatable bonds is 4. The van der Waals surface area contributed by atoms with Crippen LogP contribution in [0.2, 0.25) is 0 Å². The number of hydrogen-bond donors (Lipinski definition) is 0. The lowest BCUT2D eigenvalue weighted by atomic mass is 10.2. The predicted molar refractivity (Wildman–Crippen MR) is 81.5 cm³/mol. The molecule has 20 heavy (non-hydrogen) atoms. The zero-order valence-electron chi connectivity index (χ0n) is 11.1. The molecule has 0 amide bonds. The fourth-order valence-corrected chi connectivity index (χ4v) is 1.62. The van der Waals surface area contributed by atoms with Crippen LogP contribution in [0.4, 0.5) is 11.4 Å². The molecule has 0 atom stereocenters. The number of aliphatic imine (C=N–C) groups is 1. The Morgan fingerprint density at radius 2 is 1.70 bits per heavy atom. The van der Waals surface area contributed by atoms with E-state index in [2.05, 4.69) is 4.99 Å². The second-order valence-electron chi connectivity index (χ2n) is 4.32. The highest BCUT2D eigenvalue weighted by Gasteiger charge is 2.01. The number of allylic oxidation sites excluding steroid dienone is 1. The van der Waals surface area contributed by atoms with Gasteiger partial charge in [-0.2, -0.15) is 0 Å². The van der Waals surface area contributed by atoms with Crippen LogP contribution in [0.3, 0.4) is 0 Å². The third-order valence-corrected chi connectivity index (χ3v) is 2.74. The first kappa shape index (κ1) is 13.7. The van der Waals surface area contributed by atoms with Crippen LogP contribution in [0.1, 0.15) is 11.1 Å². The molecule has 0 fully saturated rings. The third kappa shape index (κ3) is 3.88. The standard InChI is InChI=1S/C16H14N2O2/c1-13-4-8-15(9-5-13)17-12-2-3-14-6-10-16(11-7-14)18(19)20/h2-12H,1H3/b3-2+,17-12?. The van der Waals surface area contributed by atoms with Crippen molar-refractivity contribution < 1.29 is 4.92 Å². The fourth-order valence-electron chi connectivity index (χ4n) is 1.62. The monoisotopic (exact) mass is 266 g/mol. The van der Waals surface area contributed by atoms with Crippen LogP contribution in [-0.4, -0.2) is 11.1 Å². The van der Waals surface area contributed by atoms with Gasteiger partial charge in [0.1, 0.15) is 0 Å². The van der Waals surface area contributed by atoms with E-state index >= 15 is 0 Å². The van der Waals surface area contributed by atoms with Gasteiger partial charge >= 0.3 is 0 Å². The lowest BCUT2D eigenvalue weighted by molar-refractivity contribution is -0.384. The molecule has 0 aliphatic carbocycles. The minimum absolute atomic E-state index is 0.0930. The molecule has 0 saturated carbocycles. The topological polar surface area (TPSA) is 55.5 Å². The van der Waals surface area contributed by atoms with E-state index in [0.717, 1.165) is 11.3 Å². The van der Waals surface area contributed by atoms with E-state index in [4.69, 9.17) is 0 Å². The summed E-state index contributed by atoms with van der Waals surface area (Å²) in [6, 6.07) is 14.3. The molecule has 0 heterocycles. The van der Waals surface area contributed by atoms with Crippen LogP contribution in [0.25, 0.3) is 6.08 Å². The Morgan fingerprint density at radius 3 is 2.30 bits per heavy atom. The number of nitro benzene ring substituents is 1. The molecule has 0 saturated heterocycles. The maximum absolute atomic E-state index is 10.5. The van der Waals surface area contributed by atoms with Crippen molar-refractivity contribution in [3.63, 3.8) is 0 Å². The lowest BCUT2D eigenvalue weighted by Gasteiger charge is -1.94. The summed E-state index contributed by atoms with van der Waals surface area (Å²) in [4.78, 5) is 14.4. The maximum atomic E-state index is 10.5. The Bertz CT molecular complexity index is 641. The van der Waals surface area contributed by atoms with Crippen molar-refractivity contribution >= 4 is 23.7 Å². The molecule has 2 rings (SSSR count). The Kier molecular flexibility index (Phi) is 4.39. The predicted octanol–water partition coefficient (Wildman–Crippen LogP) is 4.32. The van der Waals surface area contributed by atoms with Crippen molar-refractivity contribution in [1.82, 2.24) is 0 Å². The SMILES string of the molecule is Cc1ccc(N=C/C=C/c2ccc([N+](=O)[O-])cc2)cc1. The second kappa shape index (κ2) is 6.43. The molecule has 100 valence electrons. The van der Waals surface area contributed by atoms with E-state index < -0.39 is 4.92 Å². The molecule has 4 nitrogen and oxygen atoms in total. The zero-order valence-corrected chi connectivity index (χ0v) is 11.1. The molecule has 0 unspecified atom stereocenters. The van der Waals surface area contributed by atoms with Crippen molar-refractivity contribution in [2.75, 3.05) is 0 Å². The Morgan fingerprint density at radius 1 is 1.05 bits per heavy atom. The van der Waals surface area contributed by atoms with Crippen LogP contribution in [0.5, 0.6) is 0 Å². The van der Waals surface area contributed by atoms with Gasteiger partial charge in [-0.25, -0.2) is 0 Å². The molecule has 0 aliphatic rings. The van der Waals surface area contributed by atoms with E-state index in [-0.39, 0.29) is 5.69 Å². The summed E-state index contributed by atoms with van der Waals surface area (Å²) in [5.74, 6) is 0. The summed E-state index contributed by atoms with van der Waals surface area (Å²) in [6.07, 6.45) is 5.36. The molecule has 0 N–H and O–H groups in total. The van der Waals surface area contributed by atoms with Gasteiger partial charge in [-0.05, 0) is 42.8 Å². The smallest absolute Gasteiger partial charge is 0.258 e. The average molecular weight is 266 g/mol. The first-order chi connectivity index (χ1) is 9.65. The zero-order chi connectivity index (χ0) is 14.4. The van der Waals surface area contributed by atoms with Gasteiger partial charge < -0.3 is 0 Å². The third-order valence-electron chi connectivity index (χ3n) is 2.74. The lowest BCUT2D eigenvalue weighted by Crippen LogP contribution is -1.86. The van der Waals surface area contributed by atoms with Gasteiger partial charge in [0.05, 0.1) is 10.6 Å². The summed E-state index contributed by atoms with van der Waals surface area (Å²) in [6.45, 7) is 2.03. The highest BCUT2D eigenvalue weighted by Crippen LogP contribution is 2.13. The van der Waals surface area contributed by atoms with E-state index in [1.165, 1.54) is 17.7 Å². The van der Waals surface area contributed by atoms with Gasteiger partial charge in [0.15, 0.2) is 0 Å². The molecule has 0 bridgehead atoms. The number of nitro groups is 1. The molecule has 4 heteroatoms. The van der Waals surface area contributed by atoms with Crippen molar-refractivity contribution in [2.45, 2.75) is 6.92 Å². The van der Waals surface area contributed by atoms with Crippen LogP contribution in [-0.2, 0) is 0 Å². The van der Waals surface area contributed by atoms with Crippen LogP contribution >= 0.6 is 0 Å². The molecule has 0 radical (unpaired) electrons. The number of benzene rings is 2. The molecular formula is C16H14N2O2. The quantitative estimate of drug-likeness (QED) is 0.470. The second-order valence-corrected chi connectivity index (χ2v) is 4.32. The van der Waals surface area contributed by atoms with E-state index in [1.807, 2.05) is 37.3 Å². The highest BCUT2D eigenvalue weighted by atomic mass is 16.6.